The number of hydrogen-bond acceptors (Lipinski definition) is 3. The molecule has 0 aliphatic rings. The Balaban J connectivity index is 3.53. The number of amides is 2. The van der Waals surface area contributed by atoms with Gasteiger partial charge in [-0.05, 0) is 6.92 Å². The number of carboxylic acids is 1. The van der Waals surface area contributed by atoms with E-state index in [1.54, 1.807) is 6.92 Å². The number of rotatable bonds is 5. The molecule has 0 aliphatic carbocycles. The second-order valence-corrected chi connectivity index (χ2v) is 2.68. The van der Waals surface area contributed by atoms with Gasteiger partial charge in [0, 0.05) is 13.0 Å². The fourth-order valence-electron chi connectivity index (χ4n) is 0.721. The molecule has 0 unspecified atom stereocenters. The van der Waals surface area contributed by atoms with Crippen LogP contribution >= 0.6 is 0 Å². The molecule has 0 aliphatic heterocycles. The van der Waals surface area contributed by atoms with Gasteiger partial charge in [0.05, 0.1) is 6.54 Å². The van der Waals surface area contributed by atoms with Crippen molar-refractivity contribution in [1.82, 2.24) is 10.6 Å². The summed E-state index contributed by atoms with van der Waals surface area (Å²) >= 11 is 0. The van der Waals surface area contributed by atoms with Crippen molar-refractivity contribution >= 4 is 12.0 Å². The van der Waals surface area contributed by atoms with Gasteiger partial charge in [-0.3, -0.25) is 0 Å². The third-order valence-corrected chi connectivity index (χ3v) is 1.50. The maximum atomic E-state index is 11.0. The Morgan fingerprint density at radius 2 is 2.07 bits per heavy atom. The molecule has 84 valence electrons. The number of aliphatic hydroxyl groups excluding tert-OH is 1. The highest BCUT2D eigenvalue weighted by atomic mass is 16.4. The number of aliphatic hydroxyl groups is 1. The molecule has 0 spiro atoms. The number of carboxylic acid groups (broad SMARTS) is 1. The van der Waals surface area contributed by atoms with Crippen LogP contribution in [0, 0.1) is 11.8 Å². The second-order valence-electron chi connectivity index (χ2n) is 2.68. The van der Waals surface area contributed by atoms with Gasteiger partial charge in [-0.2, -0.15) is 0 Å². The molecular weight excluding hydrogens is 200 g/mol. The van der Waals surface area contributed by atoms with E-state index in [2.05, 4.69) is 22.5 Å². The van der Waals surface area contributed by atoms with Crippen molar-refractivity contribution < 1.29 is 19.8 Å². The summed E-state index contributed by atoms with van der Waals surface area (Å²) in [6.07, 6.45) is -1.47. The number of nitrogens with one attached hydrogen (secondary N) is 2. The Morgan fingerprint density at radius 3 is 2.60 bits per heavy atom. The Kier molecular flexibility index (Phi) is 6.76. The maximum Gasteiger partial charge on any atom is 0.332 e. The van der Waals surface area contributed by atoms with E-state index in [1.807, 2.05) is 0 Å². The van der Waals surface area contributed by atoms with Crippen LogP contribution in [0.3, 0.4) is 0 Å². The van der Waals surface area contributed by atoms with Gasteiger partial charge in [-0.15, -0.1) is 5.92 Å². The van der Waals surface area contributed by atoms with Crippen LogP contribution < -0.4 is 10.6 Å². The molecule has 0 saturated carbocycles. The van der Waals surface area contributed by atoms with E-state index in [-0.39, 0.29) is 19.5 Å². The van der Waals surface area contributed by atoms with E-state index < -0.39 is 18.1 Å². The largest absolute Gasteiger partial charge is 0.479 e. The first-order chi connectivity index (χ1) is 7.07. The van der Waals surface area contributed by atoms with Gasteiger partial charge in [0.2, 0.25) is 0 Å². The van der Waals surface area contributed by atoms with Crippen molar-refractivity contribution in [2.45, 2.75) is 19.4 Å². The number of carbonyl (C=O) groups is 2. The molecule has 0 bridgehead atoms. The molecule has 15 heavy (non-hydrogen) atoms. The first-order valence-electron chi connectivity index (χ1n) is 4.40. The van der Waals surface area contributed by atoms with Crippen LogP contribution in [0.4, 0.5) is 4.79 Å². The van der Waals surface area contributed by atoms with Crippen LogP contribution in [0.5, 0.6) is 0 Å². The van der Waals surface area contributed by atoms with Crippen molar-refractivity contribution in [3.8, 4) is 11.8 Å². The monoisotopic (exact) mass is 214 g/mol. The third kappa shape index (κ3) is 7.34. The third-order valence-electron chi connectivity index (χ3n) is 1.50. The van der Waals surface area contributed by atoms with E-state index in [0.29, 0.717) is 0 Å². The topological polar surface area (TPSA) is 98.7 Å². The van der Waals surface area contributed by atoms with Gasteiger partial charge in [0.1, 0.15) is 0 Å². The summed E-state index contributed by atoms with van der Waals surface area (Å²) in [5, 5.41) is 22.0. The van der Waals surface area contributed by atoms with Gasteiger partial charge >= 0.3 is 12.0 Å². The average Bonchev–Trinajstić information content (AvgIpc) is 2.18. The molecule has 6 nitrogen and oxygen atoms in total. The molecule has 0 radical (unpaired) electrons. The van der Waals surface area contributed by atoms with Gasteiger partial charge in [0.15, 0.2) is 6.10 Å². The normalized spacial score (nSPS) is 10.8. The smallest absolute Gasteiger partial charge is 0.332 e. The summed E-state index contributed by atoms with van der Waals surface area (Å²) in [6.45, 7) is 1.99. The van der Waals surface area contributed by atoms with Gasteiger partial charge < -0.3 is 20.8 Å². The molecule has 1 atom stereocenters. The van der Waals surface area contributed by atoms with E-state index in [4.69, 9.17) is 10.2 Å². The lowest BCUT2D eigenvalue weighted by atomic mass is 10.2. The molecule has 0 fully saturated rings. The highest BCUT2D eigenvalue weighted by Gasteiger charge is 2.12. The van der Waals surface area contributed by atoms with Crippen LogP contribution in [-0.2, 0) is 4.79 Å². The predicted octanol–water partition coefficient (Wildman–Crippen LogP) is -0.855. The summed E-state index contributed by atoms with van der Waals surface area (Å²) in [6, 6.07) is -0.435. The molecule has 0 aromatic rings. The number of aliphatic carboxylic acids is 1. The summed E-state index contributed by atoms with van der Waals surface area (Å²) < 4.78 is 0. The second kappa shape index (κ2) is 7.64. The Morgan fingerprint density at radius 1 is 1.40 bits per heavy atom. The van der Waals surface area contributed by atoms with Gasteiger partial charge in [-0.25, -0.2) is 9.59 Å². The van der Waals surface area contributed by atoms with Crippen LogP contribution in [0.15, 0.2) is 0 Å². The molecule has 0 heterocycles. The fourth-order valence-corrected chi connectivity index (χ4v) is 0.721. The average molecular weight is 214 g/mol. The predicted molar refractivity (Wildman–Crippen MR) is 53.1 cm³/mol. The first kappa shape index (κ1) is 13.3. The van der Waals surface area contributed by atoms with Crippen LogP contribution in [-0.4, -0.2) is 41.4 Å². The number of urea groups is 1. The SMILES string of the molecule is CC#CCNC(=O)NCC[C@H](O)C(=O)O. The molecule has 0 aromatic heterocycles. The summed E-state index contributed by atoms with van der Waals surface area (Å²) in [4.78, 5) is 21.1. The van der Waals surface area contributed by atoms with Crippen molar-refractivity contribution in [1.29, 1.82) is 0 Å². The maximum absolute atomic E-state index is 11.0. The zero-order chi connectivity index (χ0) is 11.7. The molecule has 2 amide bonds. The minimum atomic E-state index is -1.44. The Bertz CT molecular complexity index is 280. The summed E-state index contributed by atoms with van der Waals surface area (Å²) in [7, 11) is 0. The molecule has 4 N–H and O–H groups in total. The molecule has 0 rings (SSSR count). The van der Waals surface area contributed by atoms with E-state index >= 15 is 0 Å². The van der Waals surface area contributed by atoms with Crippen molar-refractivity contribution in [3.63, 3.8) is 0 Å². The lowest BCUT2D eigenvalue weighted by molar-refractivity contribution is -0.146. The molecular formula is C9H14N2O4. The van der Waals surface area contributed by atoms with Crippen molar-refractivity contribution in [2.75, 3.05) is 13.1 Å². The lowest BCUT2D eigenvalue weighted by Crippen LogP contribution is -2.37. The van der Waals surface area contributed by atoms with Gasteiger partial charge in [-0.1, -0.05) is 5.92 Å². The minimum Gasteiger partial charge on any atom is -0.479 e. The van der Waals surface area contributed by atoms with Crippen LogP contribution in [0.25, 0.3) is 0 Å². The Labute approximate surface area is 87.7 Å². The summed E-state index contributed by atoms with van der Waals surface area (Å²) in [5.41, 5.74) is 0. The quantitative estimate of drug-likeness (QED) is 0.448. The molecule has 0 saturated heterocycles. The minimum absolute atomic E-state index is 0.0256. The zero-order valence-electron chi connectivity index (χ0n) is 8.41. The van der Waals surface area contributed by atoms with E-state index in [9.17, 15) is 9.59 Å². The van der Waals surface area contributed by atoms with Crippen molar-refractivity contribution in [2.24, 2.45) is 0 Å². The number of hydrogen-bond donors (Lipinski definition) is 4. The van der Waals surface area contributed by atoms with Gasteiger partial charge in [0.25, 0.3) is 0 Å². The first-order valence-corrected chi connectivity index (χ1v) is 4.40. The van der Waals surface area contributed by atoms with E-state index in [1.165, 1.54) is 0 Å². The number of carbonyl (C=O) groups excluding carboxylic acids is 1. The highest BCUT2D eigenvalue weighted by molar-refractivity contribution is 5.74. The van der Waals surface area contributed by atoms with Crippen molar-refractivity contribution in [3.05, 3.63) is 0 Å². The van der Waals surface area contributed by atoms with E-state index in [0.717, 1.165) is 0 Å². The lowest BCUT2D eigenvalue weighted by Gasteiger charge is -2.07. The molecule has 0 aromatic carbocycles. The summed E-state index contributed by atoms with van der Waals surface area (Å²) in [5.74, 6) is 3.94. The fraction of sp³-hybridized carbons (Fsp3) is 0.556. The standard InChI is InChI=1S/C9H14N2O4/c1-2-3-5-10-9(15)11-6-4-7(12)8(13)14/h7,12H,4-6H2,1H3,(H,13,14)(H2,10,11,15)/t7-/m0/s1. The Hall–Kier alpha value is -1.74. The van der Waals surface area contributed by atoms with Crippen LogP contribution in [0.2, 0.25) is 0 Å². The highest BCUT2D eigenvalue weighted by Crippen LogP contribution is 1.88. The van der Waals surface area contributed by atoms with Crippen LogP contribution in [0.1, 0.15) is 13.3 Å². The molecule has 6 heteroatoms. The zero-order valence-corrected chi connectivity index (χ0v) is 8.41.